The van der Waals surface area contributed by atoms with Crippen molar-refractivity contribution >= 4 is 35.1 Å². The summed E-state index contributed by atoms with van der Waals surface area (Å²) >= 11 is 1.49. The normalized spacial score (nSPS) is 12.1. The molecule has 0 heterocycles. The van der Waals surface area contributed by atoms with E-state index in [1.807, 2.05) is 0 Å². The number of rotatable bonds is 14. The number of aliphatic hydroxyl groups is 1. The summed E-state index contributed by atoms with van der Waals surface area (Å²) < 4.78 is 0. The molecule has 35 heavy (non-hydrogen) atoms. The van der Waals surface area contributed by atoms with Crippen LogP contribution in [-0.2, 0) is 4.79 Å². The fourth-order valence-electron chi connectivity index (χ4n) is 3.45. The van der Waals surface area contributed by atoms with Gasteiger partial charge in [0.25, 0.3) is 0 Å². The number of aliphatic hydroxyl groups excluding tert-OH is 1. The van der Waals surface area contributed by atoms with Gasteiger partial charge in [-0.25, -0.2) is 9.59 Å². The molecular weight excluding hydrogens is 462 g/mol. The Labute approximate surface area is 212 Å². The minimum absolute atomic E-state index is 0.446. The van der Waals surface area contributed by atoms with Gasteiger partial charge >= 0.3 is 12.0 Å². The van der Waals surface area contributed by atoms with Crippen LogP contribution in [0.25, 0.3) is 0 Å². The van der Waals surface area contributed by atoms with Crippen LogP contribution >= 0.6 is 11.8 Å². The number of benzene rings is 2. The average molecular weight is 498 g/mol. The molecule has 0 saturated heterocycles. The first kappa shape index (κ1) is 28.1. The zero-order valence-electron chi connectivity index (χ0n) is 20.1. The summed E-state index contributed by atoms with van der Waals surface area (Å²) in [6.45, 7) is 2.22. The molecule has 2 amide bonds. The number of thioether (sulfide) groups is 1. The first-order chi connectivity index (χ1) is 17.0. The first-order valence-electron chi connectivity index (χ1n) is 12.0. The predicted octanol–water partition coefficient (Wildman–Crippen LogP) is 5.81. The molecule has 0 bridgehead atoms. The molecule has 0 aliphatic heterocycles. The number of aliphatic carboxylic acids is 1. The lowest BCUT2D eigenvalue weighted by Crippen LogP contribution is -2.35. The molecule has 2 unspecified atom stereocenters. The van der Waals surface area contributed by atoms with Gasteiger partial charge in [-0.05, 0) is 35.4 Å². The van der Waals surface area contributed by atoms with Crippen LogP contribution in [0.5, 0.6) is 0 Å². The highest BCUT2D eigenvalue weighted by atomic mass is 32.2. The number of carboxylic acid groups (broad SMARTS) is 1. The van der Waals surface area contributed by atoms with Crippen molar-refractivity contribution in [2.45, 2.75) is 64.0 Å². The van der Waals surface area contributed by atoms with Crippen LogP contribution in [0.1, 0.15) is 63.5 Å². The van der Waals surface area contributed by atoms with Gasteiger partial charge in [0.1, 0.15) is 6.10 Å². The van der Waals surface area contributed by atoms with Crippen LogP contribution in [0.2, 0.25) is 0 Å². The number of hydrogen-bond donors (Lipinski definition) is 5. The van der Waals surface area contributed by atoms with E-state index in [9.17, 15) is 19.8 Å². The summed E-state index contributed by atoms with van der Waals surface area (Å²) in [6.07, 6.45) is 7.54. The minimum atomic E-state index is -1.26. The molecule has 0 aliphatic carbocycles. The maximum atomic E-state index is 12.1. The highest BCUT2D eigenvalue weighted by Crippen LogP contribution is 2.22. The second-order valence-corrected chi connectivity index (χ2v) is 9.07. The van der Waals surface area contributed by atoms with Crippen molar-refractivity contribution in [1.82, 2.24) is 5.32 Å². The number of hydrogen-bond acceptors (Lipinski definition) is 5. The van der Waals surface area contributed by atoms with Gasteiger partial charge in [-0.15, -0.1) is 0 Å². The number of urea groups is 1. The quantitative estimate of drug-likeness (QED) is 0.128. The van der Waals surface area contributed by atoms with E-state index in [4.69, 9.17) is 0 Å². The third-order valence-electron chi connectivity index (χ3n) is 5.31. The highest BCUT2D eigenvalue weighted by molar-refractivity contribution is 8.03. The molecule has 2 aromatic carbocycles. The van der Waals surface area contributed by atoms with Gasteiger partial charge in [0.15, 0.2) is 6.04 Å². The Kier molecular flexibility index (Phi) is 13.2. The second-order valence-electron chi connectivity index (χ2n) is 8.17. The van der Waals surface area contributed by atoms with E-state index in [2.05, 4.69) is 34.2 Å². The number of carboxylic acids is 1. The number of anilines is 2. The number of nitrogens with one attached hydrogen (secondary N) is 3. The monoisotopic (exact) mass is 497 g/mol. The molecule has 5 N–H and O–H groups in total. The maximum absolute atomic E-state index is 12.1. The van der Waals surface area contributed by atoms with Gasteiger partial charge in [0, 0.05) is 23.2 Å². The Morgan fingerprint density at radius 3 is 2.34 bits per heavy atom. The molecule has 8 heteroatoms. The van der Waals surface area contributed by atoms with Crippen molar-refractivity contribution in [2.75, 3.05) is 16.4 Å². The Hall–Kier alpha value is -3.15. The first-order valence-corrected chi connectivity index (χ1v) is 13.0. The molecule has 0 aliphatic rings. The summed E-state index contributed by atoms with van der Waals surface area (Å²) in [6, 6.07) is 16.1. The minimum Gasteiger partial charge on any atom is -0.480 e. The zero-order valence-corrected chi connectivity index (χ0v) is 20.9. The summed E-state index contributed by atoms with van der Waals surface area (Å²) in [4.78, 5) is 23.9. The van der Waals surface area contributed by atoms with Gasteiger partial charge in [0.2, 0.25) is 0 Å². The van der Waals surface area contributed by atoms with E-state index in [0.29, 0.717) is 16.9 Å². The van der Waals surface area contributed by atoms with E-state index in [1.54, 1.807) is 54.6 Å². The summed E-state index contributed by atoms with van der Waals surface area (Å²) in [5.74, 6) is -0.251. The van der Waals surface area contributed by atoms with Crippen LogP contribution in [0.3, 0.4) is 0 Å². The molecule has 0 radical (unpaired) electrons. The van der Waals surface area contributed by atoms with E-state index in [1.165, 1.54) is 50.3 Å². The SMILES string of the molecule is CCCCCCCCCSC#CNC(=O)Nc1cccc(NC(C(=O)O)C(O)c2ccccc2)c1. The predicted molar refractivity (Wildman–Crippen MR) is 143 cm³/mol. The van der Waals surface area contributed by atoms with Gasteiger partial charge in [-0.3, -0.25) is 5.32 Å². The zero-order chi connectivity index (χ0) is 25.3. The Balaban J connectivity index is 1.77. The fraction of sp³-hybridized carbons (Fsp3) is 0.407. The highest BCUT2D eigenvalue weighted by Gasteiger charge is 2.27. The summed E-state index contributed by atoms with van der Waals surface area (Å²) in [7, 11) is 0. The van der Waals surface area contributed by atoms with Gasteiger partial charge in [0.05, 0.1) is 0 Å². The molecule has 0 saturated carbocycles. The van der Waals surface area contributed by atoms with Gasteiger partial charge in [-0.1, -0.05) is 93.6 Å². The average Bonchev–Trinajstić information content (AvgIpc) is 2.86. The molecule has 2 atom stereocenters. The van der Waals surface area contributed by atoms with Crippen molar-refractivity contribution < 1.29 is 19.8 Å². The third kappa shape index (κ3) is 11.2. The lowest BCUT2D eigenvalue weighted by Gasteiger charge is -2.22. The smallest absolute Gasteiger partial charge is 0.330 e. The number of amides is 2. The second kappa shape index (κ2) is 16.5. The molecule has 2 rings (SSSR count). The van der Waals surface area contributed by atoms with Crippen LogP contribution in [0, 0.1) is 11.3 Å². The van der Waals surface area contributed by atoms with Crippen molar-refractivity contribution in [3.05, 3.63) is 60.2 Å². The topological polar surface area (TPSA) is 111 Å². The molecule has 2 aromatic rings. The van der Waals surface area contributed by atoms with Crippen LogP contribution in [0.15, 0.2) is 54.6 Å². The molecule has 7 nitrogen and oxygen atoms in total. The van der Waals surface area contributed by atoms with Crippen molar-refractivity contribution in [2.24, 2.45) is 0 Å². The van der Waals surface area contributed by atoms with E-state index in [0.717, 1.165) is 12.2 Å². The van der Waals surface area contributed by atoms with E-state index in [-0.39, 0.29) is 0 Å². The molecule has 188 valence electrons. The third-order valence-corrected chi connectivity index (χ3v) is 6.05. The molecular formula is C27H35N3O4S. The lowest BCUT2D eigenvalue weighted by atomic mass is 10.0. The Morgan fingerprint density at radius 2 is 1.63 bits per heavy atom. The largest absolute Gasteiger partial charge is 0.480 e. The lowest BCUT2D eigenvalue weighted by molar-refractivity contribution is -0.140. The maximum Gasteiger partial charge on any atom is 0.330 e. The van der Waals surface area contributed by atoms with Crippen molar-refractivity contribution in [3.63, 3.8) is 0 Å². The Bertz CT molecular complexity index is 975. The number of carbonyl (C=O) groups is 2. The van der Waals surface area contributed by atoms with Crippen LogP contribution < -0.4 is 16.0 Å². The van der Waals surface area contributed by atoms with E-state index < -0.39 is 24.1 Å². The standard InChI is InChI=1S/C27H35N3O4S/c1-2-3-4-5-6-7-11-18-35-19-17-28-27(34)30-23-16-12-15-22(20-23)29-24(26(32)33)25(31)21-13-9-8-10-14-21/h8-10,12-16,20,24-25,29,31H,2-7,11,18H2,1H3,(H,32,33)(H2,28,30,34). The van der Waals surface area contributed by atoms with Gasteiger partial charge < -0.3 is 20.8 Å². The Morgan fingerprint density at radius 1 is 0.943 bits per heavy atom. The molecule has 0 fully saturated rings. The fourth-order valence-corrected chi connectivity index (χ4v) is 4.02. The number of carbonyl (C=O) groups excluding carboxylic acids is 1. The van der Waals surface area contributed by atoms with Crippen LogP contribution in [0.4, 0.5) is 16.2 Å². The molecule has 0 spiro atoms. The van der Waals surface area contributed by atoms with Gasteiger partial charge in [-0.2, -0.15) is 0 Å². The van der Waals surface area contributed by atoms with Crippen molar-refractivity contribution in [3.8, 4) is 11.3 Å². The van der Waals surface area contributed by atoms with Crippen molar-refractivity contribution in [1.29, 1.82) is 0 Å². The number of unbranched alkanes of at least 4 members (excludes halogenated alkanes) is 6. The van der Waals surface area contributed by atoms with Crippen LogP contribution in [-0.4, -0.2) is 34.0 Å². The van der Waals surface area contributed by atoms with E-state index >= 15 is 0 Å². The summed E-state index contributed by atoms with van der Waals surface area (Å²) in [5, 5.41) is 31.0. The molecule has 0 aromatic heterocycles. The summed E-state index contributed by atoms with van der Waals surface area (Å²) in [5.41, 5.74) is 1.40.